The average molecular weight is 194 g/mol. The molecule has 0 fully saturated rings. The SMILES string of the molecule is N#CCC(O)C(O)c1ccc(O)cn1. The summed E-state index contributed by atoms with van der Waals surface area (Å²) in [5, 5.41) is 35.9. The molecule has 0 aliphatic rings. The third-order valence-corrected chi connectivity index (χ3v) is 1.74. The van der Waals surface area contributed by atoms with Gasteiger partial charge in [-0.05, 0) is 12.1 Å². The molecule has 74 valence electrons. The summed E-state index contributed by atoms with van der Waals surface area (Å²) in [7, 11) is 0. The number of nitrogens with zero attached hydrogens (tertiary/aromatic N) is 2. The number of hydrogen-bond donors (Lipinski definition) is 3. The van der Waals surface area contributed by atoms with Gasteiger partial charge < -0.3 is 15.3 Å². The van der Waals surface area contributed by atoms with E-state index in [1.807, 2.05) is 0 Å². The second-order valence-corrected chi connectivity index (χ2v) is 2.82. The van der Waals surface area contributed by atoms with Gasteiger partial charge in [0, 0.05) is 0 Å². The maximum atomic E-state index is 9.47. The van der Waals surface area contributed by atoms with Gasteiger partial charge in [0.25, 0.3) is 0 Å². The van der Waals surface area contributed by atoms with Crippen LogP contribution in [0.3, 0.4) is 0 Å². The molecule has 2 unspecified atom stereocenters. The molecule has 0 amide bonds. The summed E-state index contributed by atoms with van der Waals surface area (Å²) in [6.07, 6.45) is -1.35. The molecule has 0 bridgehead atoms. The zero-order valence-electron chi connectivity index (χ0n) is 7.33. The molecule has 0 saturated heterocycles. The van der Waals surface area contributed by atoms with Crippen molar-refractivity contribution in [2.24, 2.45) is 0 Å². The Morgan fingerprint density at radius 2 is 2.14 bits per heavy atom. The largest absolute Gasteiger partial charge is 0.506 e. The first-order chi connectivity index (χ1) is 6.65. The molecule has 1 aromatic rings. The predicted molar refractivity (Wildman–Crippen MR) is 47.1 cm³/mol. The Morgan fingerprint density at radius 1 is 1.43 bits per heavy atom. The minimum atomic E-state index is -1.20. The van der Waals surface area contributed by atoms with E-state index in [9.17, 15) is 10.2 Å². The zero-order chi connectivity index (χ0) is 10.6. The molecule has 1 heterocycles. The Bertz CT molecular complexity index is 331. The van der Waals surface area contributed by atoms with Gasteiger partial charge in [0.2, 0.25) is 0 Å². The quantitative estimate of drug-likeness (QED) is 0.633. The maximum Gasteiger partial charge on any atom is 0.133 e. The van der Waals surface area contributed by atoms with Crippen LogP contribution in [0.15, 0.2) is 18.3 Å². The Labute approximate surface area is 80.9 Å². The Morgan fingerprint density at radius 3 is 2.64 bits per heavy atom. The van der Waals surface area contributed by atoms with E-state index in [1.54, 1.807) is 6.07 Å². The summed E-state index contributed by atoms with van der Waals surface area (Å²) >= 11 is 0. The first-order valence-corrected chi connectivity index (χ1v) is 4.03. The lowest BCUT2D eigenvalue weighted by molar-refractivity contribution is 0.0190. The standard InChI is InChI=1S/C9H10N2O3/c10-4-3-8(13)9(14)7-2-1-6(12)5-11-7/h1-2,5,8-9,12-14H,3H2. The molecular weight excluding hydrogens is 184 g/mol. The van der Waals surface area contributed by atoms with E-state index in [4.69, 9.17) is 10.4 Å². The molecule has 2 atom stereocenters. The number of hydrogen-bond acceptors (Lipinski definition) is 5. The number of pyridine rings is 1. The van der Waals surface area contributed by atoms with Crippen molar-refractivity contribution in [2.45, 2.75) is 18.6 Å². The lowest BCUT2D eigenvalue weighted by atomic mass is 10.1. The fraction of sp³-hybridized carbons (Fsp3) is 0.333. The topological polar surface area (TPSA) is 97.4 Å². The third-order valence-electron chi connectivity index (χ3n) is 1.74. The van der Waals surface area contributed by atoms with Crippen LogP contribution in [-0.4, -0.2) is 26.4 Å². The highest BCUT2D eigenvalue weighted by molar-refractivity contribution is 5.19. The second-order valence-electron chi connectivity index (χ2n) is 2.82. The van der Waals surface area contributed by atoms with Crippen LogP contribution in [-0.2, 0) is 0 Å². The molecule has 5 nitrogen and oxygen atoms in total. The maximum absolute atomic E-state index is 9.47. The highest BCUT2D eigenvalue weighted by Gasteiger charge is 2.18. The van der Waals surface area contributed by atoms with Crippen molar-refractivity contribution < 1.29 is 15.3 Å². The van der Waals surface area contributed by atoms with Crippen molar-refractivity contribution in [1.29, 1.82) is 5.26 Å². The van der Waals surface area contributed by atoms with Gasteiger partial charge in [-0.25, -0.2) is 0 Å². The lowest BCUT2D eigenvalue weighted by Gasteiger charge is -2.14. The average Bonchev–Trinajstić information content (AvgIpc) is 2.18. The molecule has 0 aromatic carbocycles. The molecule has 0 radical (unpaired) electrons. The third kappa shape index (κ3) is 2.42. The first kappa shape index (κ1) is 10.4. The summed E-state index contributed by atoms with van der Waals surface area (Å²) in [6, 6.07) is 4.48. The molecular formula is C9H10N2O3. The van der Waals surface area contributed by atoms with Crippen LogP contribution in [0.5, 0.6) is 5.75 Å². The van der Waals surface area contributed by atoms with Crippen molar-refractivity contribution >= 4 is 0 Å². The molecule has 0 aliphatic carbocycles. The summed E-state index contributed by atoms with van der Waals surface area (Å²) in [6.45, 7) is 0. The predicted octanol–water partition coefficient (Wildman–Crippen LogP) is 0.0952. The number of aliphatic hydroxyl groups is 2. The number of rotatable bonds is 3. The van der Waals surface area contributed by atoms with Gasteiger partial charge in [-0.2, -0.15) is 5.26 Å². The van der Waals surface area contributed by atoms with Gasteiger partial charge in [0.05, 0.1) is 30.5 Å². The Hall–Kier alpha value is -1.64. The Kier molecular flexibility index (Phi) is 3.40. The summed E-state index contributed by atoms with van der Waals surface area (Å²) in [4.78, 5) is 3.71. The van der Waals surface area contributed by atoms with E-state index in [0.717, 1.165) is 6.20 Å². The minimum Gasteiger partial charge on any atom is -0.506 e. The van der Waals surface area contributed by atoms with Crippen molar-refractivity contribution in [3.05, 3.63) is 24.0 Å². The molecule has 0 spiro atoms. The molecule has 0 aliphatic heterocycles. The van der Waals surface area contributed by atoms with Crippen molar-refractivity contribution in [2.75, 3.05) is 0 Å². The van der Waals surface area contributed by atoms with Crippen LogP contribution in [0.4, 0.5) is 0 Å². The van der Waals surface area contributed by atoms with Gasteiger partial charge >= 0.3 is 0 Å². The first-order valence-electron chi connectivity index (χ1n) is 4.03. The van der Waals surface area contributed by atoms with Crippen molar-refractivity contribution in [1.82, 2.24) is 4.98 Å². The number of aromatic hydroxyl groups is 1. The molecule has 3 N–H and O–H groups in total. The van der Waals surface area contributed by atoms with Gasteiger partial charge in [-0.3, -0.25) is 4.98 Å². The van der Waals surface area contributed by atoms with E-state index in [0.29, 0.717) is 0 Å². The van der Waals surface area contributed by atoms with Crippen molar-refractivity contribution in [3.8, 4) is 11.8 Å². The zero-order valence-corrected chi connectivity index (χ0v) is 7.33. The van der Waals surface area contributed by atoms with Crippen LogP contribution in [0.25, 0.3) is 0 Å². The summed E-state index contributed by atoms with van der Waals surface area (Å²) < 4.78 is 0. The normalized spacial score (nSPS) is 14.4. The van der Waals surface area contributed by atoms with Crippen LogP contribution >= 0.6 is 0 Å². The van der Waals surface area contributed by atoms with Crippen molar-refractivity contribution in [3.63, 3.8) is 0 Å². The summed E-state index contributed by atoms with van der Waals surface area (Å²) in [5.41, 5.74) is 0.227. The highest BCUT2D eigenvalue weighted by Crippen LogP contribution is 2.18. The van der Waals surface area contributed by atoms with Gasteiger partial charge in [-0.1, -0.05) is 0 Å². The lowest BCUT2D eigenvalue weighted by Crippen LogP contribution is -2.18. The second kappa shape index (κ2) is 4.56. The van der Waals surface area contributed by atoms with E-state index >= 15 is 0 Å². The molecule has 14 heavy (non-hydrogen) atoms. The number of aromatic nitrogens is 1. The van der Waals surface area contributed by atoms with Gasteiger partial charge in [-0.15, -0.1) is 0 Å². The molecule has 5 heteroatoms. The van der Waals surface area contributed by atoms with Crippen LogP contribution in [0.2, 0.25) is 0 Å². The van der Waals surface area contributed by atoms with Crippen LogP contribution in [0.1, 0.15) is 18.2 Å². The van der Waals surface area contributed by atoms with E-state index < -0.39 is 12.2 Å². The smallest absolute Gasteiger partial charge is 0.133 e. The number of nitriles is 1. The molecule has 1 aromatic heterocycles. The van der Waals surface area contributed by atoms with Gasteiger partial charge in [0.15, 0.2) is 0 Å². The van der Waals surface area contributed by atoms with E-state index in [2.05, 4.69) is 4.98 Å². The highest BCUT2D eigenvalue weighted by atomic mass is 16.3. The minimum absolute atomic E-state index is 0.0178. The van der Waals surface area contributed by atoms with Gasteiger partial charge in [0.1, 0.15) is 11.9 Å². The monoisotopic (exact) mass is 194 g/mol. The summed E-state index contributed by atoms with van der Waals surface area (Å²) in [5.74, 6) is -0.0178. The van der Waals surface area contributed by atoms with E-state index in [1.165, 1.54) is 12.1 Å². The Balaban J connectivity index is 2.74. The van der Waals surface area contributed by atoms with Crippen LogP contribution in [0, 0.1) is 11.3 Å². The van der Waals surface area contributed by atoms with E-state index in [-0.39, 0.29) is 17.9 Å². The molecule has 0 saturated carbocycles. The fourth-order valence-corrected chi connectivity index (χ4v) is 0.975. The fourth-order valence-electron chi connectivity index (χ4n) is 0.975. The van der Waals surface area contributed by atoms with Crippen LogP contribution < -0.4 is 0 Å². The molecule has 1 rings (SSSR count). The number of aliphatic hydroxyl groups excluding tert-OH is 2.